The van der Waals surface area contributed by atoms with Crippen molar-refractivity contribution < 1.29 is 14.3 Å². The van der Waals surface area contributed by atoms with Gasteiger partial charge in [0.1, 0.15) is 5.75 Å². The number of nitrogens with zero attached hydrogens (tertiary/aromatic N) is 3. The lowest BCUT2D eigenvalue weighted by molar-refractivity contribution is 0.102. The minimum Gasteiger partial charge on any atom is -0.494 e. The number of aromatic nitrogens is 3. The normalized spacial score (nSPS) is 10.7. The molecule has 0 unspecified atom stereocenters. The molecule has 1 amide bonds. The first-order valence-corrected chi connectivity index (χ1v) is 11.9. The molecule has 4 aromatic rings. The van der Waals surface area contributed by atoms with E-state index >= 15 is 0 Å². The highest BCUT2D eigenvalue weighted by Gasteiger charge is 2.15. The van der Waals surface area contributed by atoms with Gasteiger partial charge in [0.2, 0.25) is 0 Å². The van der Waals surface area contributed by atoms with Crippen molar-refractivity contribution in [3.05, 3.63) is 83.9 Å². The van der Waals surface area contributed by atoms with Gasteiger partial charge in [-0.1, -0.05) is 43.2 Å². The van der Waals surface area contributed by atoms with Gasteiger partial charge in [-0.05, 0) is 68.8 Å². The summed E-state index contributed by atoms with van der Waals surface area (Å²) in [4.78, 5) is 17.3. The van der Waals surface area contributed by atoms with Crippen molar-refractivity contribution >= 4 is 11.6 Å². The van der Waals surface area contributed by atoms with Gasteiger partial charge in [-0.2, -0.15) is 4.98 Å². The van der Waals surface area contributed by atoms with Crippen LogP contribution in [0.15, 0.2) is 72.8 Å². The fraction of sp³-hybridized carbons (Fsp3) is 0.250. The van der Waals surface area contributed by atoms with Gasteiger partial charge in [-0.25, -0.2) is 4.68 Å². The Hall–Kier alpha value is -4.13. The zero-order valence-electron chi connectivity index (χ0n) is 20.3. The molecule has 0 spiro atoms. The standard InChI is InChI=1S/C28H30N4O3/c1-4-6-19-35-25-17-11-22(12-18-25)27(33)29-23-13-15-24(16-14-23)32-26(30-28(31-32)34-5-2)21-9-7-20(3)8-10-21/h7-18H,4-6,19H2,1-3H3,(H,29,33). The molecule has 0 aliphatic heterocycles. The van der Waals surface area contributed by atoms with Crippen LogP contribution in [0.3, 0.4) is 0 Å². The molecule has 0 radical (unpaired) electrons. The molecule has 0 fully saturated rings. The number of hydrogen-bond acceptors (Lipinski definition) is 5. The molecule has 0 saturated carbocycles. The molecular weight excluding hydrogens is 440 g/mol. The summed E-state index contributed by atoms with van der Waals surface area (Å²) in [7, 11) is 0. The third-order valence-corrected chi connectivity index (χ3v) is 5.42. The van der Waals surface area contributed by atoms with E-state index in [1.54, 1.807) is 16.8 Å². The Morgan fingerprint density at radius 2 is 1.63 bits per heavy atom. The van der Waals surface area contributed by atoms with Gasteiger partial charge in [0.25, 0.3) is 5.91 Å². The fourth-order valence-electron chi connectivity index (χ4n) is 3.48. The van der Waals surface area contributed by atoms with Crippen LogP contribution in [0, 0.1) is 6.92 Å². The van der Waals surface area contributed by atoms with Crippen molar-refractivity contribution in [3.8, 4) is 28.8 Å². The van der Waals surface area contributed by atoms with Crippen molar-refractivity contribution in [1.29, 1.82) is 0 Å². The number of benzene rings is 3. The van der Waals surface area contributed by atoms with Crippen LogP contribution in [0.4, 0.5) is 5.69 Å². The van der Waals surface area contributed by atoms with Gasteiger partial charge in [-0.3, -0.25) is 4.79 Å². The van der Waals surface area contributed by atoms with Crippen LogP contribution in [0.2, 0.25) is 0 Å². The Balaban J connectivity index is 1.49. The van der Waals surface area contributed by atoms with Crippen LogP contribution in [0.1, 0.15) is 42.6 Å². The average Bonchev–Trinajstić information content (AvgIpc) is 3.29. The van der Waals surface area contributed by atoms with Crippen molar-refractivity contribution in [3.63, 3.8) is 0 Å². The molecular formula is C28H30N4O3. The van der Waals surface area contributed by atoms with E-state index in [2.05, 4.69) is 22.3 Å². The maximum atomic E-state index is 12.7. The lowest BCUT2D eigenvalue weighted by Crippen LogP contribution is -2.12. The Bertz CT molecular complexity index is 1250. The van der Waals surface area contributed by atoms with Crippen LogP contribution in [0.25, 0.3) is 17.1 Å². The molecule has 0 atom stereocenters. The Labute approximate surface area is 205 Å². The van der Waals surface area contributed by atoms with Crippen molar-refractivity contribution in [2.45, 2.75) is 33.6 Å². The molecule has 7 heteroatoms. The molecule has 0 saturated heterocycles. The Kier molecular flexibility index (Phi) is 7.77. The molecule has 1 aromatic heterocycles. The Morgan fingerprint density at radius 3 is 2.29 bits per heavy atom. The minimum atomic E-state index is -0.183. The average molecular weight is 471 g/mol. The second-order valence-electron chi connectivity index (χ2n) is 8.16. The van der Waals surface area contributed by atoms with Gasteiger partial charge in [-0.15, -0.1) is 5.10 Å². The van der Waals surface area contributed by atoms with Crippen molar-refractivity contribution in [2.75, 3.05) is 18.5 Å². The molecule has 3 aromatic carbocycles. The zero-order chi connectivity index (χ0) is 24.6. The maximum Gasteiger partial charge on any atom is 0.336 e. The number of nitrogens with one attached hydrogen (secondary N) is 1. The smallest absolute Gasteiger partial charge is 0.336 e. The second-order valence-corrected chi connectivity index (χ2v) is 8.16. The van der Waals surface area contributed by atoms with E-state index in [4.69, 9.17) is 9.47 Å². The quantitative estimate of drug-likeness (QED) is 0.285. The van der Waals surface area contributed by atoms with E-state index in [0.717, 1.165) is 29.8 Å². The predicted molar refractivity (Wildman–Crippen MR) is 137 cm³/mol. The van der Waals surface area contributed by atoms with Gasteiger partial charge in [0.05, 0.1) is 18.9 Å². The largest absolute Gasteiger partial charge is 0.494 e. The first-order chi connectivity index (χ1) is 17.1. The molecule has 4 rings (SSSR count). The van der Waals surface area contributed by atoms with E-state index in [1.165, 1.54) is 5.56 Å². The monoisotopic (exact) mass is 470 g/mol. The van der Waals surface area contributed by atoms with Crippen molar-refractivity contribution in [1.82, 2.24) is 14.8 Å². The third kappa shape index (κ3) is 6.06. The highest BCUT2D eigenvalue weighted by atomic mass is 16.5. The first kappa shape index (κ1) is 24.0. The third-order valence-electron chi connectivity index (χ3n) is 5.42. The summed E-state index contributed by atoms with van der Waals surface area (Å²) in [5, 5.41) is 7.46. The van der Waals surface area contributed by atoms with Crippen LogP contribution in [0.5, 0.6) is 11.8 Å². The van der Waals surface area contributed by atoms with E-state index in [-0.39, 0.29) is 5.91 Å². The number of rotatable bonds is 10. The second kappa shape index (κ2) is 11.3. The van der Waals surface area contributed by atoms with Crippen LogP contribution < -0.4 is 14.8 Å². The number of carbonyl (C=O) groups excluding carboxylic acids is 1. The van der Waals surface area contributed by atoms with E-state index in [0.29, 0.717) is 36.3 Å². The van der Waals surface area contributed by atoms with Gasteiger partial charge in [0.15, 0.2) is 5.82 Å². The Morgan fingerprint density at radius 1 is 0.914 bits per heavy atom. The molecule has 0 bridgehead atoms. The van der Waals surface area contributed by atoms with E-state index < -0.39 is 0 Å². The van der Waals surface area contributed by atoms with E-state index in [9.17, 15) is 4.79 Å². The predicted octanol–water partition coefficient (Wildman–Crippen LogP) is 6.07. The molecule has 35 heavy (non-hydrogen) atoms. The number of aryl methyl sites for hydroxylation is 1. The number of carbonyl (C=O) groups is 1. The first-order valence-electron chi connectivity index (χ1n) is 11.9. The minimum absolute atomic E-state index is 0.183. The summed E-state index contributed by atoms with van der Waals surface area (Å²) in [5.41, 5.74) is 4.17. The van der Waals surface area contributed by atoms with Crippen LogP contribution >= 0.6 is 0 Å². The van der Waals surface area contributed by atoms with Crippen molar-refractivity contribution in [2.24, 2.45) is 0 Å². The number of ether oxygens (including phenoxy) is 2. The number of unbranched alkanes of at least 4 members (excludes halogenated alkanes) is 1. The molecule has 7 nitrogen and oxygen atoms in total. The highest BCUT2D eigenvalue weighted by Crippen LogP contribution is 2.25. The van der Waals surface area contributed by atoms with Gasteiger partial charge < -0.3 is 14.8 Å². The summed E-state index contributed by atoms with van der Waals surface area (Å²) in [5.74, 6) is 1.27. The molecule has 1 N–H and O–H groups in total. The number of hydrogen-bond donors (Lipinski definition) is 1. The lowest BCUT2D eigenvalue weighted by atomic mass is 10.1. The summed E-state index contributed by atoms with van der Waals surface area (Å²) in [6, 6.07) is 23.1. The number of amides is 1. The van der Waals surface area contributed by atoms with Crippen LogP contribution in [-0.2, 0) is 0 Å². The topological polar surface area (TPSA) is 78.3 Å². The van der Waals surface area contributed by atoms with Crippen LogP contribution in [-0.4, -0.2) is 33.9 Å². The molecule has 180 valence electrons. The fourth-order valence-corrected chi connectivity index (χ4v) is 3.48. The molecule has 0 aliphatic carbocycles. The lowest BCUT2D eigenvalue weighted by Gasteiger charge is -2.09. The summed E-state index contributed by atoms with van der Waals surface area (Å²) in [6.45, 7) is 7.22. The molecule has 1 heterocycles. The van der Waals surface area contributed by atoms with Gasteiger partial charge in [0, 0.05) is 16.8 Å². The molecule has 0 aliphatic rings. The zero-order valence-corrected chi connectivity index (χ0v) is 20.3. The number of anilines is 1. The summed E-state index contributed by atoms with van der Waals surface area (Å²) < 4.78 is 13.0. The maximum absolute atomic E-state index is 12.7. The summed E-state index contributed by atoms with van der Waals surface area (Å²) >= 11 is 0. The highest BCUT2D eigenvalue weighted by molar-refractivity contribution is 6.04. The SMILES string of the molecule is CCCCOc1ccc(C(=O)Nc2ccc(-n3nc(OCC)nc3-c3ccc(C)cc3)cc2)cc1. The summed E-state index contributed by atoms with van der Waals surface area (Å²) in [6.07, 6.45) is 2.09. The van der Waals surface area contributed by atoms with E-state index in [1.807, 2.05) is 74.5 Å². The van der Waals surface area contributed by atoms with Gasteiger partial charge >= 0.3 is 6.01 Å².